The minimum absolute atomic E-state index is 0.0848. The van der Waals surface area contributed by atoms with Crippen molar-refractivity contribution in [2.75, 3.05) is 38.7 Å². The van der Waals surface area contributed by atoms with Crippen LogP contribution in [0.1, 0.15) is 22.7 Å². The molecule has 0 spiro atoms. The quantitative estimate of drug-likeness (QED) is 0.539. The zero-order chi connectivity index (χ0) is 24.0. The number of morpholine rings is 1. The Hall–Kier alpha value is -3.55. The zero-order valence-corrected chi connectivity index (χ0v) is 19.2. The number of carbonyl (C=O) groups excluding carboxylic acids is 2. The molecule has 1 N–H and O–H groups in total. The lowest BCUT2D eigenvalue weighted by molar-refractivity contribution is -0.116. The first-order valence-corrected chi connectivity index (χ1v) is 11.9. The topological polar surface area (TPSA) is 141 Å². The third-order valence-corrected chi connectivity index (χ3v) is 7.80. The monoisotopic (exact) mass is 487 g/mol. The lowest BCUT2D eigenvalue weighted by Crippen LogP contribution is -2.40. The van der Waals surface area contributed by atoms with E-state index >= 15 is 0 Å². The number of nitrogens with one attached hydrogen (secondary N) is 1. The maximum absolute atomic E-state index is 13.2. The number of ether oxygens (including phenoxy) is 3. The number of hydrogen-bond acceptors (Lipinski definition) is 9. The van der Waals surface area contributed by atoms with Crippen molar-refractivity contribution in [3.63, 3.8) is 0 Å². The molecule has 12 nitrogen and oxygen atoms in total. The minimum atomic E-state index is -3.76. The van der Waals surface area contributed by atoms with Crippen LogP contribution in [0.25, 0.3) is 5.52 Å². The predicted octanol–water partition coefficient (Wildman–Crippen LogP) is 1.29. The molecule has 3 aromatic rings. The molecule has 1 fully saturated rings. The van der Waals surface area contributed by atoms with Crippen LogP contribution in [0.3, 0.4) is 0 Å². The standard InChI is InChI=1S/C21H21N5O7S/c1-12-16(33-21(28)31-2)10-26-19(12)18(22-11-23-26)17-14-9-13(3-4-15(14)24-20(17)27)34(29,30)25-5-7-32-8-6-25/h3-4,9-11,17H,5-8H2,1-2H3,(H,24,27). The highest BCUT2D eigenvalue weighted by Crippen LogP contribution is 2.41. The SMILES string of the molecule is COC(=O)Oc1cn2ncnc(C3C(=O)Nc4ccc(S(=O)(=O)N5CCOCC5)cc43)c2c1C. The number of aryl methyl sites for hydroxylation is 1. The van der Waals surface area contributed by atoms with Crippen LogP contribution in [0, 0.1) is 6.92 Å². The van der Waals surface area contributed by atoms with Crippen molar-refractivity contribution in [3.8, 4) is 5.75 Å². The average molecular weight is 487 g/mol. The summed E-state index contributed by atoms with van der Waals surface area (Å²) in [5, 5.41) is 6.95. The summed E-state index contributed by atoms with van der Waals surface area (Å²) < 4.78 is 44.2. The van der Waals surface area contributed by atoms with Gasteiger partial charge in [0.05, 0.1) is 42.6 Å². The van der Waals surface area contributed by atoms with Crippen LogP contribution in [0.2, 0.25) is 0 Å². The van der Waals surface area contributed by atoms with Crippen LogP contribution in [0.5, 0.6) is 5.75 Å². The second-order valence-corrected chi connectivity index (χ2v) is 9.74. The molecule has 0 aliphatic carbocycles. The molecule has 0 saturated carbocycles. The molecule has 2 aliphatic heterocycles. The highest BCUT2D eigenvalue weighted by molar-refractivity contribution is 7.89. The van der Waals surface area contributed by atoms with Gasteiger partial charge >= 0.3 is 6.16 Å². The second-order valence-electron chi connectivity index (χ2n) is 7.80. The highest BCUT2D eigenvalue weighted by atomic mass is 32.2. The average Bonchev–Trinajstić information content (AvgIpc) is 3.34. The summed E-state index contributed by atoms with van der Waals surface area (Å²) in [5.74, 6) is -1.04. The number of aromatic nitrogens is 3. The zero-order valence-electron chi connectivity index (χ0n) is 18.3. The summed E-state index contributed by atoms with van der Waals surface area (Å²) in [4.78, 5) is 29.1. The number of methoxy groups -OCH3 is 1. The van der Waals surface area contributed by atoms with Crippen molar-refractivity contribution >= 4 is 33.3 Å². The number of sulfonamides is 1. The lowest BCUT2D eigenvalue weighted by atomic mass is 9.95. The fraction of sp³-hybridized carbons (Fsp3) is 0.333. The summed E-state index contributed by atoms with van der Waals surface area (Å²) in [7, 11) is -2.57. The van der Waals surface area contributed by atoms with E-state index in [1.807, 2.05) is 0 Å². The van der Waals surface area contributed by atoms with E-state index in [1.54, 1.807) is 13.0 Å². The molecule has 0 bridgehead atoms. The molecule has 0 radical (unpaired) electrons. The van der Waals surface area contributed by atoms with E-state index in [1.165, 1.54) is 40.6 Å². The predicted molar refractivity (Wildman–Crippen MR) is 117 cm³/mol. The van der Waals surface area contributed by atoms with E-state index in [0.29, 0.717) is 41.2 Å². The minimum Gasteiger partial charge on any atom is -0.437 e. The molecule has 2 aliphatic rings. The van der Waals surface area contributed by atoms with Gasteiger partial charge in [-0.2, -0.15) is 9.40 Å². The number of rotatable bonds is 4. The molecule has 2 aromatic heterocycles. The van der Waals surface area contributed by atoms with Crippen molar-refractivity contribution in [1.82, 2.24) is 18.9 Å². The number of anilines is 1. The molecule has 178 valence electrons. The molecule has 1 saturated heterocycles. The Morgan fingerprint density at radius 2 is 2.03 bits per heavy atom. The number of amides is 1. The van der Waals surface area contributed by atoms with Gasteiger partial charge in [-0.3, -0.25) is 4.79 Å². The second kappa shape index (κ2) is 8.34. The van der Waals surface area contributed by atoms with Gasteiger partial charge < -0.3 is 19.5 Å². The molecular formula is C21H21N5O7S. The van der Waals surface area contributed by atoms with E-state index in [9.17, 15) is 18.0 Å². The number of benzene rings is 1. The Kier molecular flexibility index (Phi) is 5.46. The van der Waals surface area contributed by atoms with E-state index in [2.05, 4.69) is 20.1 Å². The van der Waals surface area contributed by atoms with Gasteiger partial charge in [0.25, 0.3) is 0 Å². The van der Waals surface area contributed by atoms with Gasteiger partial charge in [0.1, 0.15) is 12.2 Å². The summed E-state index contributed by atoms with van der Waals surface area (Å²) in [5.41, 5.74) is 2.33. The van der Waals surface area contributed by atoms with Gasteiger partial charge in [0, 0.05) is 24.3 Å². The third kappa shape index (κ3) is 3.57. The molecule has 1 unspecified atom stereocenters. The van der Waals surface area contributed by atoms with Crippen LogP contribution < -0.4 is 10.1 Å². The van der Waals surface area contributed by atoms with Crippen molar-refractivity contribution in [2.45, 2.75) is 17.7 Å². The fourth-order valence-corrected chi connectivity index (χ4v) is 5.66. The van der Waals surface area contributed by atoms with Gasteiger partial charge in [-0.25, -0.2) is 22.7 Å². The molecule has 5 rings (SSSR count). The van der Waals surface area contributed by atoms with Crippen LogP contribution in [0.4, 0.5) is 10.5 Å². The molecule has 34 heavy (non-hydrogen) atoms. The Morgan fingerprint density at radius 1 is 1.26 bits per heavy atom. The van der Waals surface area contributed by atoms with E-state index in [0.717, 1.165) is 0 Å². The number of carbonyl (C=O) groups is 2. The Labute approximate surface area is 194 Å². The van der Waals surface area contributed by atoms with Crippen LogP contribution in [-0.2, 0) is 24.3 Å². The first kappa shape index (κ1) is 22.3. The van der Waals surface area contributed by atoms with E-state index in [-0.39, 0.29) is 29.6 Å². The Balaban J connectivity index is 1.60. The third-order valence-electron chi connectivity index (χ3n) is 5.90. The lowest BCUT2D eigenvalue weighted by Gasteiger charge is -2.26. The van der Waals surface area contributed by atoms with Crippen LogP contribution in [-0.4, -0.2) is 72.8 Å². The Bertz CT molecular complexity index is 1410. The summed E-state index contributed by atoms with van der Waals surface area (Å²) >= 11 is 0. The van der Waals surface area contributed by atoms with Gasteiger partial charge in [-0.15, -0.1) is 0 Å². The van der Waals surface area contributed by atoms with Gasteiger partial charge in [0.2, 0.25) is 15.9 Å². The van der Waals surface area contributed by atoms with Crippen LogP contribution in [0.15, 0.2) is 35.6 Å². The van der Waals surface area contributed by atoms with E-state index < -0.39 is 22.1 Å². The maximum atomic E-state index is 13.2. The largest absolute Gasteiger partial charge is 0.513 e. The van der Waals surface area contributed by atoms with Crippen molar-refractivity contribution in [2.24, 2.45) is 0 Å². The molecule has 1 aromatic carbocycles. The molecule has 4 heterocycles. The molecular weight excluding hydrogens is 466 g/mol. The summed E-state index contributed by atoms with van der Waals surface area (Å²) in [6, 6.07) is 4.56. The van der Waals surface area contributed by atoms with Crippen LogP contribution >= 0.6 is 0 Å². The summed E-state index contributed by atoms with van der Waals surface area (Å²) in [6.45, 7) is 2.88. The normalized spacial score (nSPS) is 18.5. The van der Waals surface area contributed by atoms with Gasteiger partial charge in [-0.1, -0.05) is 0 Å². The first-order valence-electron chi connectivity index (χ1n) is 10.4. The number of fused-ring (bicyclic) bond motifs is 2. The maximum Gasteiger partial charge on any atom is 0.513 e. The highest BCUT2D eigenvalue weighted by Gasteiger charge is 2.37. The van der Waals surface area contributed by atoms with Crippen molar-refractivity contribution in [1.29, 1.82) is 0 Å². The van der Waals surface area contributed by atoms with Gasteiger partial charge in [0.15, 0.2) is 5.75 Å². The molecule has 1 atom stereocenters. The smallest absolute Gasteiger partial charge is 0.437 e. The van der Waals surface area contributed by atoms with Crippen molar-refractivity contribution in [3.05, 3.63) is 47.5 Å². The number of nitrogens with zero attached hydrogens (tertiary/aromatic N) is 4. The molecule has 13 heteroatoms. The molecule has 1 amide bonds. The van der Waals surface area contributed by atoms with Gasteiger partial charge in [-0.05, 0) is 30.7 Å². The first-order chi connectivity index (χ1) is 16.3. The Morgan fingerprint density at radius 3 is 2.76 bits per heavy atom. The van der Waals surface area contributed by atoms with Crippen molar-refractivity contribution < 1.29 is 32.2 Å². The number of hydrogen-bond donors (Lipinski definition) is 1. The van der Waals surface area contributed by atoms with E-state index in [4.69, 9.17) is 9.47 Å². The summed E-state index contributed by atoms with van der Waals surface area (Å²) in [6.07, 6.45) is 1.87. The fourth-order valence-electron chi connectivity index (χ4n) is 4.22.